The van der Waals surface area contributed by atoms with E-state index in [1.807, 2.05) is 44.2 Å². The molecule has 0 radical (unpaired) electrons. The zero-order valence-corrected chi connectivity index (χ0v) is 29.8. The summed E-state index contributed by atoms with van der Waals surface area (Å²) in [6.45, 7) is 6.63. The first-order chi connectivity index (χ1) is 24.3. The molecule has 0 fully saturated rings. The minimum absolute atomic E-state index is 0.000420. The molecule has 5 amide bonds. The van der Waals surface area contributed by atoms with Crippen molar-refractivity contribution in [1.29, 1.82) is 0 Å². The number of amides is 5. The lowest BCUT2D eigenvalue weighted by Crippen LogP contribution is -2.59. The predicted molar refractivity (Wildman–Crippen MR) is 194 cm³/mol. The van der Waals surface area contributed by atoms with E-state index in [1.54, 1.807) is 6.92 Å². The van der Waals surface area contributed by atoms with Crippen molar-refractivity contribution in [3.8, 4) is 0 Å². The van der Waals surface area contributed by atoms with Gasteiger partial charge in [0.2, 0.25) is 29.5 Å². The maximum Gasteiger partial charge on any atom is 0.243 e. The average Bonchev–Trinajstić information content (AvgIpc) is 3.60. The Kier molecular flexibility index (Phi) is 18.7. The highest BCUT2D eigenvalue weighted by Crippen LogP contribution is 2.10. The molecule has 17 nitrogen and oxygen atoms in total. The van der Waals surface area contributed by atoms with Gasteiger partial charge in [-0.25, -0.2) is 4.98 Å². The smallest absolute Gasteiger partial charge is 0.243 e. The van der Waals surface area contributed by atoms with E-state index in [-0.39, 0.29) is 43.6 Å². The lowest BCUT2D eigenvalue weighted by atomic mass is 10.0. The lowest BCUT2D eigenvalue weighted by molar-refractivity contribution is -0.134. The van der Waals surface area contributed by atoms with Crippen LogP contribution in [0.3, 0.4) is 0 Å². The van der Waals surface area contributed by atoms with E-state index >= 15 is 0 Å². The van der Waals surface area contributed by atoms with Crippen molar-refractivity contribution in [2.24, 2.45) is 33.8 Å². The average molecular weight is 713 g/mol. The van der Waals surface area contributed by atoms with Gasteiger partial charge in [-0.3, -0.25) is 29.0 Å². The molecule has 51 heavy (non-hydrogen) atoms. The topological polar surface area (TPSA) is 291 Å². The summed E-state index contributed by atoms with van der Waals surface area (Å²) in [4.78, 5) is 77.2. The van der Waals surface area contributed by atoms with Gasteiger partial charge in [0.25, 0.3) is 0 Å². The highest BCUT2D eigenvalue weighted by Gasteiger charge is 2.32. The fourth-order valence-electron chi connectivity index (χ4n) is 5.15. The molecule has 0 aliphatic heterocycles. The van der Waals surface area contributed by atoms with Crippen LogP contribution in [0.25, 0.3) is 0 Å². The summed E-state index contributed by atoms with van der Waals surface area (Å²) < 4.78 is 0. The third-order valence-electron chi connectivity index (χ3n) is 7.99. The summed E-state index contributed by atoms with van der Waals surface area (Å²) in [5.74, 6) is -3.03. The minimum Gasteiger partial charge on any atom is -0.370 e. The molecule has 0 spiro atoms. The number of aromatic amines is 1. The number of aromatic nitrogens is 2. The number of guanidine groups is 1. The van der Waals surface area contributed by atoms with E-state index in [2.05, 4.69) is 41.5 Å². The Morgan fingerprint density at radius 3 is 2.00 bits per heavy atom. The first-order valence-electron chi connectivity index (χ1n) is 17.3. The number of nitrogens with one attached hydrogen (secondary N) is 6. The third kappa shape index (κ3) is 16.5. The van der Waals surface area contributed by atoms with E-state index in [0.717, 1.165) is 5.56 Å². The van der Waals surface area contributed by atoms with Crippen molar-refractivity contribution in [2.75, 3.05) is 13.1 Å². The van der Waals surface area contributed by atoms with Gasteiger partial charge in [-0.1, -0.05) is 44.2 Å². The molecule has 282 valence electrons. The van der Waals surface area contributed by atoms with Gasteiger partial charge >= 0.3 is 0 Å². The fraction of sp³-hybridized carbons (Fsp3) is 0.559. The third-order valence-corrected chi connectivity index (χ3v) is 7.99. The van der Waals surface area contributed by atoms with E-state index < -0.39 is 53.8 Å². The number of unbranched alkanes of at least 4 members (excludes halogenated alkanes) is 1. The van der Waals surface area contributed by atoms with Gasteiger partial charge < -0.3 is 54.5 Å². The number of imidazole rings is 1. The second-order valence-electron chi connectivity index (χ2n) is 12.9. The van der Waals surface area contributed by atoms with E-state index in [1.165, 1.54) is 12.5 Å². The second-order valence-corrected chi connectivity index (χ2v) is 12.9. The van der Waals surface area contributed by atoms with Crippen molar-refractivity contribution in [1.82, 2.24) is 36.6 Å². The van der Waals surface area contributed by atoms with Crippen LogP contribution in [0.2, 0.25) is 0 Å². The molecule has 1 aromatic carbocycles. The van der Waals surface area contributed by atoms with Crippen molar-refractivity contribution in [3.63, 3.8) is 0 Å². The van der Waals surface area contributed by atoms with Crippen LogP contribution < -0.4 is 49.5 Å². The van der Waals surface area contributed by atoms with Crippen molar-refractivity contribution in [2.45, 2.75) is 102 Å². The predicted octanol–water partition coefficient (Wildman–Crippen LogP) is -1.22. The molecule has 17 heteroatoms. The number of rotatable bonds is 24. The quantitative estimate of drug-likeness (QED) is 0.0352. The Balaban J connectivity index is 2.20. The van der Waals surface area contributed by atoms with Crippen LogP contribution in [0.15, 0.2) is 47.8 Å². The number of H-pyrrole nitrogens is 1. The number of hydrogen-bond donors (Lipinski definition) is 10. The van der Waals surface area contributed by atoms with Gasteiger partial charge in [-0.15, -0.1) is 0 Å². The highest BCUT2D eigenvalue weighted by atomic mass is 16.2. The number of carbonyl (C=O) groups excluding carboxylic acids is 5. The molecule has 0 aliphatic carbocycles. The Bertz CT molecular complexity index is 1400. The number of nitrogens with two attached hydrogens (primary N) is 4. The van der Waals surface area contributed by atoms with Crippen molar-refractivity contribution < 1.29 is 24.0 Å². The number of primary amides is 1. The summed E-state index contributed by atoms with van der Waals surface area (Å²) in [6, 6.07) is 4.79. The Morgan fingerprint density at radius 2 is 1.39 bits per heavy atom. The molecule has 1 heterocycles. The largest absolute Gasteiger partial charge is 0.370 e. The number of nitrogens with zero attached hydrogens (tertiary/aromatic N) is 2. The summed E-state index contributed by atoms with van der Waals surface area (Å²) in [5, 5.41) is 14.2. The first kappa shape index (κ1) is 42.1. The monoisotopic (exact) mass is 712 g/mol. The molecule has 2 aromatic rings. The maximum atomic E-state index is 13.8. The SMILES string of the molecule is CC(C)C[C@H](NC(=O)[C@H](C)NCc1ccccc1)C(=O)N[C@@H](CCCCN)C(=O)N[C@@H](Cc1cnc[nH]1)C(=O)N[C@@H](CCCN=C(N)N)C(N)=O. The number of aliphatic imine (C=N–C) groups is 1. The Labute approximate surface area is 299 Å². The molecule has 1 aromatic heterocycles. The minimum atomic E-state index is -1.17. The van der Waals surface area contributed by atoms with Crippen LogP contribution in [-0.2, 0) is 36.9 Å². The maximum absolute atomic E-state index is 13.8. The zero-order chi connectivity index (χ0) is 37.8. The van der Waals surface area contributed by atoms with Crippen LogP contribution in [0, 0.1) is 5.92 Å². The van der Waals surface area contributed by atoms with E-state index in [4.69, 9.17) is 22.9 Å². The van der Waals surface area contributed by atoms with Gasteiger partial charge in [0.1, 0.15) is 24.2 Å². The van der Waals surface area contributed by atoms with Crippen LogP contribution >= 0.6 is 0 Å². The molecule has 14 N–H and O–H groups in total. The number of hydrogen-bond acceptors (Lipinski definition) is 9. The van der Waals surface area contributed by atoms with Crippen molar-refractivity contribution >= 4 is 35.5 Å². The number of benzene rings is 1. The van der Waals surface area contributed by atoms with Gasteiger partial charge in [-0.05, 0) is 63.5 Å². The van der Waals surface area contributed by atoms with Crippen LogP contribution in [0.1, 0.15) is 70.6 Å². The molecule has 5 atom stereocenters. The first-order valence-corrected chi connectivity index (χ1v) is 17.3. The van der Waals surface area contributed by atoms with Gasteiger partial charge in [0, 0.05) is 31.4 Å². The fourth-order valence-corrected chi connectivity index (χ4v) is 5.15. The highest BCUT2D eigenvalue weighted by molar-refractivity contribution is 5.95. The molecular weight excluding hydrogens is 656 g/mol. The Hall–Kier alpha value is -5.03. The lowest BCUT2D eigenvalue weighted by Gasteiger charge is -2.27. The Morgan fingerprint density at radius 1 is 0.784 bits per heavy atom. The van der Waals surface area contributed by atoms with E-state index in [0.29, 0.717) is 44.5 Å². The summed E-state index contributed by atoms with van der Waals surface area (Å²) in [7, 11) is 0. The molecule has 0 saturated heterocycles. The van der Waals surface area contributed by atoms with Gasteiger partial charge in [0.15, 0.2) is 5.96 Å². The molecular formula is C34H56N12O5. The standard InChI is InChI=1S/C34H56N12O5/c1-21(2)16-27(45-30(48)22(3)41-18-23-10-5-4-6-11-23)32(50)44-26(12-7-8-14-35)31(49)46-28(17-24-19-39-20-42-24)33(51)43-25(29(36)47)13-9-15-40-34(37)38/h4-6,10-11,19-22,25-28,41H,7-9,12-18,35H2,1-3H3,(H2,36,47)(H,39,42)(H,43,51)(H,44,50)(H,45,48)(H,46,49)(H4,37,38,40)/t22-,25-,26-,27-,28-/m0/s1. The van der Waals surface area contributed by atoms with Crippen LogP contribution in [0.4, 0.5) is 0 Å². The van der Waals surface area contributed by atoms with Crippen LogP contribution in [-0.4, -0.2) is 88.8 Å². The van der Waals surface area contributed by atoms with Gasteiger partial charge in [0.05, 0.1) is 12.4 Å². The normalized spacial score (nSPS) is 14.0. The van der Waals surface area contributed by atoms with Gasteiger partial charge in [-0.2, -0.15) is 0 Å². The molecule has 0 saturated carbocycles. The molecule has 2 rings (SSSR count). The molecule has 0 unspecified atom stereocenters. The molecule has 0 aliphatic rings. The summed E-state index contributed by atoms with van der Waals surface area (Å²) in [6.07, 6.45) is 5.09. The zero-order valence-electron chi connectivity index (χ0n) is 29.8. The summed E-state index contributed by atoms with van der Waals surface area (Å²) >= 11 is 0. The summed E-state index contributed by atoms with van der Waals surface area (Å²) in [5.41, 5.74) is 23.5. The van der Waals surface area contributed by atoms with Crippen molar-refractivity contribution in [3.05, 3.63) is 54.1 Å². The van der Waals surface area contributed by atoms with Crippen LogP contribution in [0.5, 0.6) is 0 Å². The van der Waals surface area contributed by atoms with E-state index in [9.17, 15) is 24.0 Å². The number of carbonyl (C=O) groups is 5. The molecule has 0 bridgehead atoms. The second kappa shape index (κ2) is 22.6.